The van der Waals surface area contributed by atoms with Gasteiger partial charge in [0, 0.05) is 11.8 Å². The first-order valence-corrected chi connectivity index (χ1v) is 12.4. The maximum absolute atomic E-state index is 13.9. The lowest BCUT2D eigenvalue weighted by molar-refractivity contribution is -0.129. The zero-order valence-corrected chi connectivity index (χ0v) is 19.1. The highest BCUT2D eigenvalue weighted by Crippen LogP contribution is 2.42. The summed E-state index contributed by atoms with van der Waals surface area (Å²) in [4.78, 5) is 14.0. The number of nitrogens with zero attached hydrogens (tertiary/aromatic N) is 1. The van der Waals surface area contributed by atoms with Gasteiger partial charge in [-0.05, 0) is 36.6 Å². The summed E-state index contributed by atoms with van der Waals surface area (Å²) in [7, 11) is -4.07. The van der Waals surface area contributed by atoms with Crippen molar-refractivity contribution in [2.75, 3.05) is 0 Å². The SMILES string of the molecule is CCC[C@@H]1C(=O)N(S(=O)(=O)c2ccc(C)cc2)C(c2ccccc2)=C[C@H]1c1ccccc1. The van der Waals surface area contributed by atoms with Crippen LogP contribution in [0.4, 0.5) is 0 Å². The van der Waals surface area contributed by atoms with Gasteiger partial charge in [-0.25, -0.2) is 12.7 Å². The van der Waals surface area contributed by atoms with Crippen molar-refractivity contribution in [3.05, 3.63) is 108 Å². The Hall–Kier alpha value is -3.18. The largest absolute Gasteiger partial charge is 0.273 e. The number of benzene rings is 3. The van der Waals surface area contributed by atoms with E-state index < -0.39 is 15.9 Å². The van der Waals surface area contributed by atoms with E-state index in [1.165, 1.54) is 0 Å². The molecule has 1 aliphatic rings. The van der Waals surface area contributed by atoms with Gasteiger partial charge >= 0.3 is 0 Å². The molecule has 0 aliphatic carbocycles. The van der Waals surface area contributed by atoms with Gasteiger partial charge in [-0.15, -0.1) is 0 Å². The zero-order valence-electron chi connectivity index (χ0n) is 18.3. The Morgan fingerprint density at radius 1 is 0.844 bits per heavy atom. The number of sulfonamides is 1. The van der Waals surface area contributed by atoms with Crippen LogP contribution < -0.4 is 0 Å². The fraction of sp³-hybridized carbons (Fsp3) is 0.222. The number of rotatable bonds is 6. The van der Waals surface area contributed by atoms with E-state index in [0.29, 0.717) is 17.7 Å². The van der Waals surface area contributed by atoms with Crippen molar-refractivity contribution >= 4 is 21.6 Å². The smallest absolute Gasteiger partial charge is 0.270 e. The van der Waals surface area contributed by atoms with Crippen LogP contribution in [-0.2, 0) is 14.8 Å². The van der Waals surface area contributed by atoms with E-state index in [4.69, 9.17) is 0 Å². The van der Waals surface area contributed by atoms with Gasteiger partial charge in [-0.1, -0.05) is 97.8 Å². The molecule has 0 unspecified atom stereocenters. The highest BCUT2D eigenvalue weighted by Gasteiger charge is 2.43. The zero-order chi connectivity index (χ0) is 22.7. The van der Waals surface area contributed by atoms with Gasteiger partial charge in [0.05, 0.1) is 10.6 Å². The molecule has 0 spiro atoms. The average Bonchev–Trinajstić information content (AvgIpc) is 2.81. The third-order valence-corrected chi connectivity index (χ3v) is 7.65. The summed E-state index contributed by atoms with van der Waals surface area (Å²) in [5.41, 5.74) is 3.09. The minimum atomic E-state index is -4.07. The van der Waals surface area contributed by atoms with Crippen molar-refractivity contribution in [2.45, 2.75) is 37.5 Å². The molecule has 164 valence electrons. The summed E-state index contributed by atoms with van der Waals surface area (Å²) in [5, 5.41) is 0. The lowest BCUT2D eigenvalue weighted by Gasteiger charge is -2.37. The van der Waals surface area contributed by atoms with Gasteiger partial charge in [0.15, 0.2) is 0 Å². The van der Waals surface area contributed by atoms with Crippen molar-refractivity contribution in [3.63, 3.8) is 0 Å². The van der Waals surface area contributed by atoms with Crippen molar-refractivity contribution in [3.8, 4) is 0 Å². The predicted molar refractivity (Wildman–Crippen MR) is 127 cm³/mol. The Morgan fingerprint density at radius 2 is 1.44 bits per heavy atom. The first-order valence-electron chi connectivity index (χ1n) is 10.9. The molecule has 32 heavy (non-hydrogen) atoms. The Balaban J connectivity index is 1.93. The molecule has 0 radical (unpaired) electrons. The fourth-order valence-corrected chi connectivity index (χ4v) is 5.77. The van der Waals surface area contributed by atoms with Crippen LogP contribution >= 0.6 is 0 Å². The van der Waals surface area contributed by atoms with Crippen molar-refractivity contribution < 1.29 is 13.2 Å². The van der Waals surface area contributed by atoms with E-state index in [-0.39, 0.29) is 16.7 Å². The first-order chi connectivity index (χ1) is 15.4. The van der Waals surface area contributed by atoms with Gasteiger partial charge in [0.1, 0.15) is 0 Å². The van der Waals surface area contributed by atoms with Gasteiger partial charge in [0.25, 0.3) is 10.0 Å². The Morgan fingerprint density at radius 3 is 2.03 bits per heavy atom. The third-order valence-electron chi connectivity index (χ3n) is 5.92. The Bertz CT molecular complexity index is 1220. The number of amides is 1. The van der Waals surface area contributed by atoms with Crippen LogP contribution in [0.3, 0.4) is 0 Å². The molecule has 0 saturated carbocycles. The van der Waals surface area contributed by atoms with Crippen LogP contribution in [0, 0.1) is 12.8 Å². The minimum Gasteiger partial charge on any atom is -0.273 e. The molecule has 3 aromatic rings. The molecule has 0 aromatic heterocycles. The van der Waals surface area contributed by atoms with Crippen LogP contribution in [0.5, 0.6) is 0 Å². The molecule has 0 N–H and O–H groups in total. The van der Waals surface area contributed by atoms with Gasteiger partial charge < -0.3 is 0 Å². The van der Waals surface area contributed by atoms with E-state index in [2.05, 4.69) is 0 Å². The summed E-state index contributed by atoms with van der Waals surface area (Å²) in [6, 6.07) is 25.8. The standard InChI is InChI=1S/C27H27NO3S/c1-3-10-24-25(21-11-6-4-7-12-21)19-26(22-13-8-5-9-14-22)28(27(24)29)32(30,31)23-17-15-20(2)16-18-23/h4-9,11-19,24-25H,3,10H2,1-2H3/t24-,25-/m0/s1. The number of carbonyl (C=O) groups excluding carboxylic acids is 1. The van der Waals surface area contributed by atoms with Crippen LogP contribution in [0.1, 0.15) is 42.4 Å². The van der Waals surface area contributed by atoms with Crippen LogP contribution in [0.25, 0.3) is 5.70 Å². The number of hydrogen-bond acceptors (Lipinski definition) is 3. The Kier molecular flexibility index (Phi) is 6.28. The predicted octanol–water partition coefficient (Wildman–Crippen LogP) is 5.77. The van der Waals surface area contributed by atoms with Gasteiger partial charge in [-0.2, -0.15) is 0 Å². The van der Waals surface area contributed by atoms with Crippen LogP contribution in [0.15, 0.2) is 95.9 Å². The molecular weight excluding hydrogens is 418 g/mol. The van der Waals surface area contributed by atoms with E-state index in [9.17, 15) is 13.2 Å². The normalized spacial score (nSPS) is 19.0. The second-order valence-corrected chi connectivity index (χ2v) is 9.96. The van der Waals surface area contributed by atoms with Crippen molar-refractivity contribution in [2.24, 2.45) is 5.92 Å². The van der Waals surface area contributed by atoms with Gasteiger partial charge in [0.2, 0.25) is 5.91 Å². The van der Waals surface area contributed by atoms with Gasteiger partial charge in [-0.3, -0.25) is 4.79 Å². The summed E-state index contributed by atoms with van der Waals surface area (Å²) >= 11 is 0. The molecule has 0 bridgehead atoms. The van der Waals surface area contributed by atoms with E-state index >= 15 is 0 Å². The molecule has 1 amide bonds. The lowest BCUT2D eigenvalue weighted by Crippen LogP contribution is -2.44. The van der Waals surface area contributed by atoms with Crippen molar-refractivity contribution in [1.82, 2.24) is 4.31 Å². The molecule has 0 saturated heterocycles. The molecule has 4 nitrogen and oxygen atoms in total. The number of carbonyl (C=O) groups is 1. The summed E-state index contributed by atoms with van der Waals surface area (Å²) < 4.78 is 28.5. The number of allylic oxidation sites excluding steroid dienone is 1. The topological polar surface area (TPSA) is 54.5 Å². The van der Waals surface area contributed by atoms with Crippen molar-refractivity contribution in [1.29, 1.82) is 0 Å². The highest BCUT2D eigenvalue weighted by molar-refractivity contribution is 7.90. The summed E-state index contributed by atoms with van der Waals surface area (Å²) in [5.74, 6) is -1.01. The molecular formula is C27H27NO3S. The monoisotopic (exact) mass is 445 g/mol. The van der Waals surface area contributed by atoms with Crippen LogP contribution in [-0.4, -0.2) is 18.6 Å². The third kappa shape index (κ3) is 4.13. The highest BCUT2D eigenvalue weighted by atomic mass is 32.2. The molecule has 5 heteroatoms. The second kappa shape index (κ2) is 9.13. The second-order valence-electron chi connectivity index (χ2n) is 8.17. The average molecular weight is 446 g/mol. The molecule has 1 heterocycles. The molecule has 2 atom stereocenters. The van der Waals surface area contributed by atoms with Crippen LogP contribution in [0.2, 0.25) is 0 Å². The fourth-order valence-electron chi connectivity index (χ4n) is 4.28. The maximum atomic E-state index is 13.9. The van der Waals surface area contributed by atoms with E-state index in [1.807, 2.05) is 80.6 Å². The van der Waals surface area contributed by atoms with E-state index in [0.717, 1.165) is 21.9 Å². The summed E-state index contributed by atoms with van der Waals surface area (Å²) in [6.45, 7) is 3.92. The maximum Gasteiger partial charge on any atom is 0.270 e. The minimum absolute atomic E-state index is 0.117. The molecule has 4 rings (SSSR count). The summed E-state index contributed by atoms with van der Waals surface area (Å²) in [6.07, 6.45) is 3.35. The molecule has 3 aromatic carbocycles. The molecule has 0 fully saturated rings. The number of hydrogen-bond donors (Lipinski definition) is 0. The molecule has 1 aliphatic heterocycles. The number of aryl methyl sites for hydroxylation is 1. The lowest BCUT2D eigenvalue weighted by atomic mass is 9.79. The quantitative estimate of drug-likeness (QED) is 0.484. The Labute approximate surface area is 190 Å². The van der Waals surface area contributed by atoms with E-state index in [1.54, 1.807) is 24.3 Å². The first kappa shape index (κ1) is 22.0.